The van der Waals surface area contributed by atoms with Crippen molar-refractivity contribution in [2.45, 2.75) is 65.8 Å². The Bertz CT molecular complexity index is 1150. The monoisotopic (exact) mass is 471 g/mol. The van der Waals surface area contributed by atoms with Gasteiger partial charge < -0.3 is 5.11 Å². The lowest BCUT2D eigenvalue weighted by atomic mass is 9.91. The Labute approximate surface area is 209 Å². The molecule has 3 aromatic rings. The third-order valence-corrected chi connectivity index (χ3v) is 6.93. The molecule has 2 aromatic carbocycles. The number of aliphatic carboxylic acids is 1. The van der Waals surface area contributed by atoms with E-state index < -0.39 is 5.97 Å². The van der Waals surface area contributed by atoms with E-state index in [0.717, 1.165) is 72.7 Å². The van der Waals surface area contributed by atoms with Crippen LogP contribution in [0.25, 0.3) is 22.5 Å². The van der Waals surface area contributed by atoms with Crippen molar-refractivity contribution in [3.05, 3.63) is 71.0 Å². The molecule has 184 valence electrons. The molecule has 0 saturated heterocycles. The number of carboxylic acid groups (broad SMARTS) is 1. The molecule has 5 nitrogen and oxygen atoms in total. The molecule has 4 rings (SSSR count). The van der Waals surface area contributed by atoms with Gasteiger partial charge in [-0.05, 0) is 39.2 Å². The summed E-state index contributed by atoms with van der Waals surface area (Å²) in [5, 5.41) is 8.91. The van der Waals surface area contributed by atoms with Crippen LogP contribution in [-0.4, -0.2) is 39.0 Å². The first kappa shape index (κ1) is 25.1. The van der Waals surface area contributed by atoms with Crippen LogP contribution in [0.1, 0.15) is 68.1 Å². The first-order valence-corrected chi connectivity index (χ1v) is 12.8. The lowest BCUT2D eigenvalue weighted by Gasteiger charge is -2.39. The van der Waals surface area contributed by atoms with E-state index in [1.807, 2.05) is 0 Å². The first-order chi connectivity index (χ1) is 16.8. The highest BCUT2D eigenvalue weighted by atomic mass is 16.4. The summed E-state index contributed by atoms with van der Waals surface area (Å²) in [4.78, 5) is 24.0. The van der Waals surface area contributed by atoms with Crippen LogP contribution in [0.15, 0.2) is 48.5 Å². The Morgan fingerprint density at radius 3 is 2.03 bits per heavy atom. The zero-order valence-corrected chi connectivity index (χ0v) is 21.4. The molecule has 1 atom stereocenters. The van der Waals surface area contributed by atoms with Crippen LogP contribution in [0, 0.1) is 19.8 Å². The van der Waals surface area contributed by atoms with E-state index in [1.54, 1.807) is 0 Å². The van der Waals surface area contributed by atoms with Crippen molar-refractivity contribution in [3.8, 4) is 22.5 Å². The van der Waals surface area contributed by atoms with E-state index in [0.29, 0.717) is 5.92 Å². The van der Waals surface area contributed by atoms with Crippen molar-refractivity contribution in [2.75, 3.05) is 13.1 Å². The topological polar surface area (TPSA) is 66.3 Å². The fraction of sp³-hybridized carbons (Fsp3) is 0.433. The average molecular weight is 472 g/mol. The molecule has 0 saturated carbocycles. The number of aromatic nitrogens is 2. The van der Waals surface area contributed by atoms with Gasteiger partial charge in [-0.2, -0.15) is 0 Å². The molecule has 2 heterocycles. The minimum Gasteiger partial charge on any atom is -0.481 e. The summed E-state index contributed by atoms with van der Waals surface area (Å²) in [5.74, 6) is -0.307. The highest BCUT2D eigenvalue weighted by Gasteiger charge is 2.33. The normalized spacial score (nSPS) is 15.9. The van der Waals surface area contributed by atoms with Gasteiger partial charge in [0.1, 0.15) is 0 Å². The highest BCUT2D eigenvalue weighted by molar-refractivity contribution is 5.78. The Morgan fingerprint density at radius 2 is 1.49 bits per heavy atom. The van der Waals surface area contributed by atoms with E-state index in [1.165, 1.54) is 11.1 Å². The number of nitrogens with zero attached hydrogens (tertiary/aromatic N) is 3. The molecule has 0 amide bonds. The minimum absolute atomic E-state index is 0.210. The number of fused-ring (bicyclic) bond motifs is 1. The molecular weight excluding hydrogens is 434 g/mol. The zero-order chi connectivity index (χ0) is 24.9. The fourth-order valence-electron chi connectivity index (χ4n) is 5.05. The highest BCUT2D eigenvalue weighted by Crippen LogP contribution is 2.38. The van der Waals surface area contributed by atoms with Gasteiger partial charge in [0, 0.05) is 30.5 Å². The minimum atomic E-state index is -0.708. The maximum Gasteiger partial charge on any atom is 0.303 e. The third kappa shape index (κ3) is 5.96. The second kappa shape index (κ2) is 11.1. The van der Waals surface area contributed by atoms with Crippen molar-refractivity contribution < 1.29 is 9.90 Å². The Morgan fingerprint density at radius 1 is 0.914 bits per heavy atom. The number of unbranched alkanes of at least 4 members (excludes halogenated alkanes) is 2. The molecule has 5 heteroatoms. The molecule has 1 aromatic heterocycles. The number of benzene rings is 2. The second-order valence-electron chi connectivity index (χ2n) is 10.2. The van der Waals surface area contributed by atoms with Gasteiger partial charge in [0.25, 0.3) is 0 Å². The Kier molecular flexibility index (Phi) is 7.97. The smallest absolute Gasteiger partial charge is 0.303 e. The lowest BCUT2D eigenvalue weighted by Crippen LogP contribution is -2.40. The molecule has 1 aliphatic rings. The van der Waals surface area contributed by atoms with Crippen molar-refractivity contribution in [1.29, 1.82) is 0 Å². The van der Waals surface area contributed by atoms with Crippen LogP contribution >= 0.6 is 0 Å². The predicted molar refractivity (Wildman–Crippen MR) is 141 cm³/mol. The van der Waals surface area contributed by atoms with Crippen molar-refractivity contribution >= 4 is 5.97 Å². The van der Waals surface area contributed by atoms with Crippen molar-refractivity contribution in [1.82, 2.24) is 14.9 Å². The lowest BCUT2D eigenvalue weighted by molar-refractivity contribution is -0.137. The summed E-state index contributed by atoms with van der Waals surface area (Å²) >= 11 is 0. The number of carbonyl (C=O) groups is 1. The van der Waals surface area contributed by atoms with Crippen LogP contribution in [0.4, 0.5) is 0 Å². The molecule has 35 heavy (non-hydrogen) atoms. The second-order valence-corrected chi connectivity index (χ2v) is 10.2. The quantitative estimate of drug-likeness (QED) is 0.355. The van der Waals surface area contributed by atoms with Crippen LogP contribution in [0.3, 0.4) is 0 Å². The van der Waals surface area contributed by atoms with Gasteiger partial charge in [-0.1, -0.05) is 79.9 Å². The maximum atomic E-state index is 10.8. The molecule has 0 spiro atoms. The first-order valence-electron chi connectivity index (χ1n) is 12.8. The van der Waals surface area contributed by atoms with Crippen LogP contribution in [0.2, 0.25) is 0 Å². The zero-order valence-electron chi connectivity index (χ0n) is 21.4. The molecule has 0 fully saturated rings. The largest absolute Gasteiger partial charge is 0.481 e. The van der Waals surface area contributed by atoms with Gasteiger partial charge in [0.05, 0.1) is 28.8 Å². The number of carboxylic acids is 1. The summed E-state index contributed by atoms with van der Waals surface area (Å²) in [6.45, 7) is 10.7. The molecular formula is C30H37N3O2. The van der Waals surface area contributed by atoms with Crippen molar-refractivity contribution in [3.63, 3.8) is 0 Å². The summed E-state index contributed by atoms with van der Waals surface area (Å²) in [7, 11) is 0. The SMILES string of the molecule is Cc1ccc(-c2nc3c(nc2-c2ccc(C)cc2)C(C(C)C)N(CCCCCC(=O)O)CC3)cc1. The molecule has 1 aliphatic heterocycles. The number of hydrogen-bond donors (Lipinski definition) is 1. The van der Waals surface area contributed by atoms with Gasteiger partial charge in [-0.15, -0.1) is 0 Å². The molecule has 1 unspecified atom stereocenters. The van der Waals surface area contributed by atoms with E-state index in [4.69, 9.17) is 15.1 Å². The molecule has 1 N–H and O–H groups in total. The summed E-state index contributed by atoms with van der Waals surface area (Å²) < 4.78 is 0. The fourth-order valence-corrected chi connectivity index (χ4v) is 5.05. The summed E-state index contributed by atoms with van der Waals surface area (Å²) in [6, 6.07) is 17.4. The predicted octanol–water partition coefficient (Wildman–Crippen LogP) is 6.63. The van der Waals surface area contributed by atoms with Gasteiger partial charge in [-0.25, -0.2) is 9.97 Å². The Balaban J connectivity index is 1.70. The average Bonchev–Trinajstić information content (AvgIpc) is 2.83. The summed E-state index contributed by atoms with van der Waals surface area (Å²) in [6.07, 6.45) is 3.82. The number of aryl methyl sites for hydroxylation is 2. The van der Waals surface area contributed by atoms with E-state index in [9.17, 15) is 4.79 Å². The van der Waals surface area contributed by atoms with Gasteiger partial charge in [0.2, 0.25) is 0 Å². The van der Waals surface area contributed by atoms with E-state index >= 15 is 0 Å². The molecule has 0 aliphatic carbocycles. The van der Waals surface area contributed by atoms with Crippen LogP contribution in [0.5, 0.6) is 0 Å². The van der Waals surface area contributed by atoms with Gasteiger partial charge in [0.15, 0.2) is 0 Å². The maximum absolute atomic E-state index is 10.8. The third-order valence-electron chi connectivity index (χ3n) is 6.93. The van der Waals surface area contributed by atoms with Crippen LogP contribution < -0.4 is 0 Å². The number of hydrogen-bond acceptors (Lipinski definition) is 4. The Hall–Kier alpha value is -3.05. The van der Waals surface area contributed by atoms with E-state index in [2.05, 4.69) is 81.1 Å². The van der Waals surface area contributed by atoms with Gasteiger partial charge >= 0.3 is 5.97 Å². The van der Waals surface area contributed by atoms with Crippen LogP contribution in [-0.2, 0) is 11.2 Å². The van der Waals surface area contributed by atoms with E-state index in [-0.39, 0.29) is 12.5 Å². The number of rotatable bonds is 9. The molecule has 0 bridgehead atoms. The van der Waals surface area contributed by atoms with Gasteiger partial charge in [-0.3, -0.25) is 9.69 Å². The standard InChI is InChI=1S/C30H37N3O2/c1-20(2)30-29-25(17-19-33(30)18-7-5-6-8-26(34)35)31-27(23-13-9-21(3)10-14-23)28(32-29)24-15-11-22(4)12-16-24/h9-16,20,30H,5-8,17-19H2,1-4H3,(H,34,35). The molecule has 0 radical (unpaired) electrons. The summed E-state index contributed by atoms with van der Waals surface area (Å²) in [5.41, 5.74) is 8.76. The van der Waals surface area contributed by atoms with Crippen molar-refractivity contribution in [2.24, 2.45) is 5.92 Å².